The van der Waals surface area contributed by atoms with Gasteiger partial charge in [-0.3, -0.25) is 0 Å². The van der Waals surface area contributed by atoms with Crippen LogP contribution < -0.4 is 5.73 Å². The summed E-state index contributed by atoms with van der Waals surface area (Å²) in [4.78, 5) is 0. The highest BCUT2D eigenvalue weighted by Crippen LogP contribution is 2.30. The van der Waals surface area contributed by atoms with E-state index in [9.17, 15) is 5.11 Å². The van der Waals surface area contributed by atoms with Crippen molar-refractivity contribution >= 4 is 0 Å². The van der Waals surface area contributed by atoms with Gasteiger partial charge in [0.1, 0.15) is 0 Å². The van der Waals surface area contributed by atoms with E-state index in [1.165, 1.54) is 25.7 Å². The fourth-order valence-corrected chi connectivity index (χ4v) is 2.58. The van der Waals surface area contributed by atoms with Crippen LogP contribution in [0.4, 0.5) is 0 Å². The van der Waals surface area contributed by atoms with Crippen molar-refractivity contribution in [3.8, 4) is 0 Å². The summed E-state index contributed by atoms with van der Waals surface area (Å²) < 4.78 is 0. The van der Waals surface area contributed by atoms with Gasteiger partial charge in [0, 0.05) is 6.04 Å². The first kappa shape index (κ1) is 13.0. The molecule has 2 heteroatoms. The van der Waals surface area contributed by atoms with Crippen molar-refractivity contribution in [1.29, 1.82) is 0 Å². The average Bonchev–Trinajstić information content (AvgIpc) is 2.20. The number of nitrogens with two attached hydrogens (primary N) is 1. The van der Waals surface area contributed by atoms with Gasteiger partial charge in [0.05, 0.1) is 5.60 Å². The molecular formula is C13H27NO. The molecule has 0 spiro atoms. The highest BCUT2D eigenvalue weighted by Gasteiger charge is 2.33. The molecule has 90 valence electrons. The molecule has 0 radical (unpaired) electrons. The molecule has 2 nitrogen and oxygen atoms in total. The maximum atomic E-state index is 10.5. The molecule has 0 aliphatic heterocycles. The molecule has 1 unspecified atom stereocenters. The number of rotatable bonds is 4. The highest BCUT2D eigenvalue weighted by atomic mass is 16.3. The zero-order valence-corrected chi connectivity index (χ0v) is 10.2. The van der Waals surface area contributed by atoms with E-state index in [0.717, 1.165) is 38.5 Å². The predicted octanol–water partition coefficient (Wildman–Crippen LogP) is 2.98. The molecule has 0 amide bonds. The number of hydrogen-bond acceptors (Lipinski definition) is 2. The van der Waals surface area contributed by atoms with Crippen LogP contribution in [-0.2, 0) is 0 Å². The second-order valence-corrected chi connectivity index (χ2v) is 5.12. The van der Waals surface area contributed by atoms with E-state index in [1.807, 2.05) is 0 Å². The minimum absolute atomic E-state index is 0.00412. The summed E-state index contributed by atoms with van der Waals surface area (Å²) in [6, 6.07) is -0.00412. The maximum absolute atomic E-state index is 10.5. The Bertz CT molecular complexity index is 162. The van der Waals surface area contributed by atoms with Crippen LogP contribution in [0.15, 0.2) is 0 Å². The van der Waals surface area contributed by atoms with Crippen LogP contribution >= 0.6 is 0 Å². The number of aliphatic hydroxyl groups is 1. The monoisotopic (exact) mass is 213 g/mol. The second kappa shape index (κ2) is 6.49. The topological polar surface area (TPSA) is 46.2 Å². The average molecular weight is 213 g/mol. The van der Waals surface area contributed by atoms with Gasteiger partial charge in [0.15, 0.2) is 0 Å². The first-order valence-corrected chi connectivity index (χ1v) is 6.67. The van der Waals surface area contributed by atoms with E-state index in [-0.39, 0.29) is 6.04 Å². The van der Waals surface area contributed by atoms with E-state index in [0.29, 0.717) is 0 Å². The van der Waals surface area contributed by atoms with Crippen LogP contribution in [0.2, 0.25) is 0 Å². The van der Waals surface area contributed by atoms with Crippen LogP contribution in [0.3, 0.4) is 0 Å². The van der Waals surface area contributed by atoms with Crippen LogP contribution in [-0.4, -0.2) is 16.7 Å². The molecule has 0 heterocycles. The van der Waals surface area contributed by atoms with Gasteiger partial charge < -0.3 is 10.8 Å². The molecule has 0 aromatic rings. The molecule has 0 bridgehead atoms. The Morgan fingerprint density at radius 1 is 1.13 bits per heavy atom. The van der Waals surface area contributed by atoms with Crippen molar-refractivity contribution in [1.82, 2.24) is 0 Å². The Kier molecular flexibility index (Phi) is 5.62. The Morgan fingerprint density at radius 2 is 1.67 bits per heavy atom. The lowest BCUT2D eigenvalue weighted by molar-refractivity contribution is -0.0128. The SMILES string of the molecule is CCCCC(N)C1(O)CCCCCCC1. The van der Waals surface area contributed by atoms with Gasteiger partial charge in [-0.15, -0.1) is 0 Å². The van der Waals surface area contributed by atoms with E-state index in [2.05, 4.69) is 6.92 Å². The lowest BCUT2D eigenvalue weighted by Crippen LogP contribution is -2.48. The van der Waals surface area contributed by atoms with Crippen molar-refractivity contribution in [3.63, 3.8) is 0 Å². The molecule has 1 aliphatic rings. The van der Waals surface area contributed by atoms with Gasteiger partial charge in [0.25, 0.3) is 0 Å². The first-order chi connectivity index (χ1) is 7.19. The van der Waals surface area contributed by atoms with Crippen LogP contribution in [0.25, 0.3) is 0 Å². The van der Waals surface area contributed by atoms with Gasteiger partial charge in [-0.05, 0) is 19.3 Å². The molecule has 1 fully saturated rings. The normalized spacial score (nSPS) is 24.2. The third-order valence-electron chi connectivity index (χ3n) is 3.78. The largest absolute Gasteiger partial charge is 0.388 e. The smallest absolute Gasteiger partial charge is 0.0797 e. The minimum atomic E-state index is -0.560. The lowest BCUT2D eigenvalue weighted by atomic mass is 9.80. The standard InChI is InChI=1S/C13H27NO/c1-2-3-9-12(14)13(15)10-7-5-4-6-8-11-13/h12,15H,2-11,14H2,1H3. The van der Waals surface area contributed by atoms with E-state index in [4.69, 9.17) is 5.73 Å². The van der Waals surface area contributed by atoms with E-state index >= 15 is 0 Å². The highest BCUT2D eigenvalue weighted by molar-refractivity contribution is 4.90. The predicted molar refractivity (Wildman–Crippen MR) is 64.8 cm³/mol. The zero-order valence-electron chi connectivity index (χ0n) is 10.2. The van der Waals surface area contributed by atoms with Crippen LogP contribution in [0, 0.1) is 0 Å². The summed E-state index contributed by atoms with van der Waals surface area (Å²) in [5.74, 6) is 0. The van der Waals surface area contributed by atoms with E-state index in [1.54, 1.807) is 0 Å². The third kappa shape index (κ3) is 4.12. The fraction of sp³-hybridized carbons (Fsp3) is 1.00. The minimum Gasteiger partial charge on any atom is -0.388 e. The summed E-state index contributed by atoms with van der Waals surface area (Å²) in [5, 5.41) is 10.5. The summed E-state index contributed by atoms with van der Waals surface area (Å²) in [6.07, 6.45) is 11.3. The summed E-state index contributed by atoms with van der Waals surface area (Å²) >= 11 is 0. The Labute approximate surface area is 94.2 Å². The fourth-order valence-electron chi connectivity index (χ4n) is 2.58. The summed E-state index contributed by atoms with van der Waals surface area (Å²) in [6.45, 7) is 2.18. The Morgan fingerprint density at radius 3 is 2.20 bits per heavy atom. The molecular weight excluding hydrogens is 186 g/mol. The lowest BCUT2D eigenvalue weighted by Gasteiger charge is -2.35. The number of unbranched alkanes of at least 4 members (excludes halogenated alkanes) is 1. The Balaban J connectivity index is 2.44. The van der Waals surface area contributed by atoms with Gasteiger partial charge in [0.2, 0.25) is 0 Å². The van der Waals surface area contributed by atoms with Crippen molar-refractivity contribution in [3.05, 3.63) is 0 Å². The molecule has 0 aromatic heterocycles. The van der Waals surface area contributed by atoms with Gasteiger partial charge in [-0.1, -0.05) is 51.9 Å². The molecule has 1 atom stereocenters. The van der Waals surface area contributed by atoms with Crippen molar-refractivity contribution in [2.24, 2.45) is 5.73 Å². The second-order valence-electron chi connectivity index (χ2n) is 5.12. The quantitative estimate of drug-likeness (QED) is 0.754. The molecule has 0 saturated heterocycles. The third-order valence-corrected chi connectivity index (χ3v) is 3.78. The zero-order chi connectivity index (χ0) is 11.1. The maximum Gasteiger partial charge on any atom is 0.0797 e. The summed E-state index contributed by atoms with van der Waals surface area (Å²) in [5.41, 5.74) is 5.58. The molecule has 1 aliphatic carbocycles. The molecule has 0 aromatic carbocycles. The first-order valence-electron chi connectivity index (χ1n) is 6.67. The Hall–Kier alpha value is -0.0800. The van der Waals surface area contributed by atoms with Crippen molar-refractivity contribution < 1.29 is 5.11 Å². The van der Waals surface area contributed by atoms with Crippen LogP contribution in [0.5, 0.6) is 0 Å². The number of hydrogen-bond donors (Lipinski definition) is 2. The van der Waals surface area contributed by atoms with Gasteiger partial charge >= 0.3 is 0 Å². The van der Waals surface area contributed by atoms with E-state index < -0.39 is 5.60 Å². The summed E-state index contributed by atoms with van der Waals surface area (Å²) in [7, 11) is 0. The molecule has 15 heavy (non-hydrogen) atoms. The molecule has 1 saturated carbocycles. The van der Waals surface area contributed by atoms with Crippen molar-refractivity contribution in [2.75, 3.05) is 0 Å². The van der Waals surface area contributed by atoms with Gasteiger partial charge in [-0.2, -0.15) is 0 Å². The van der Waals surface area contributed by atoms with Crippen molar-refractivity contribution in [2.45, 2.75) is 82.8 Å². The van der Waals surface area contributed by atoms with Crippen LogP contribution in [0.1, 0.15) is 71.1 Å². The molecule has 3 N–H and O–H groups in total. The molecule has 1 rings (SSSR count). The van der Waals surface area contributed by atoms with Gasteiger partial charge in [-0.25, -0.2) is 0 Å².